The van der Waals surface area contributed by atoms with Crippen molar-refractivity contribution in [2.75, 3.05) is 19.1 Å². The fraction of sp³-hybridized carbons (Fsp3) is 0.545. The maximum Gasteiger partial charge on any atom is 0.280 e. The number of fused-ring (bicyclic) bond motifs is 1. The number of ether oxygens (including phenoxy) is 2. The van der Waals surface area contributed by atoms with E-state index in [0.717, 1.165) is 0 Å². The predicted octanol–water partition coefficient (Wildman–Crippen LogP) is -0.365. The van der Waals surface area contributed by atoms with Crippen molar-refractivity contribution >= 4 is 17.1 Å². The van der Waals surface area contributed by atoms with Gasteiger partial charge >= 0.3 is 0 Å². The Kier molecular flexibility index (Phi) is 4.12. The molecule has 0 aromatic carbocycles. The largest absolute Gasteiger partial charge is 0.394 e. The van der Waals surface area contributed by atoms with Crippen molar-refractivity contribution in [3.63, 3.8) is 0 Å². The van der Waals surface area contributed by atoms with Crippen molar-refractivity contribution in [1.82, 2.24) is 19.5 Å². The monoisotopic (exact) mass is 322 g/mol. The normalized spacial score (nSPS) is 24.0. The number of aliphatic hydroxyl groups is 1. The molecule has 0 radical (unpaired) electrons. The molecule has 2 aromatic heterocycles. The fourth-order valence-electron chi connectivity index (χ4n) is 2.52. The number of imidazole rings is 1. The smallest absolute Gasteiger partial charge is 0.280 e. The van der Waals surface area contributed by atoms with Crippen LogP contribution in [0.1, 0.15) is 12.6 Å². The summed E-state index contributed by atoms with van der Waals surface area (Å²) in [5.41, 5.74) is 13.8. The van der Waals surface area contributed by atoms with Gasteiger partial charge in [-0.25, -0.2) is 4.98 Å². The minimum Gasteiger partial charge on any atom is -0.394 e. The SMILES string of the molecule is [N-]=[N+]=NCO[C@H]1C[C@H](n2cnc3c(=O)[nH]c(N)nc32)O[C@@H]1CO. The standard InChI is InChI=1S/C11H14N8O4/c12-11-16-9-8(10(21)17-11)14-3-19(9)7-1-5(6(2-20)23-7)22-4-15-18-13/h3,5-7,20H,1-2,4H2,(H3,12,16,17,21)/t5-,6+,7+/m0/s1. The number of anilines is 1. The first-order valence-corrected chi connectivity index (χ1v) is 6.75. The van der Waals surface area contributed by atoms with Gasteiger partial charge in [0, 0.05) is 11.3 Å². The molecule has 4 N–H and O–H groups in total. The minimum atomic E-state index is -0.592. The summed E-state index contributed by atoms with van der Waals surface area (Å²) in [6.45, 7) is -0.427. The first-order chi connectivity index (χ1) is 11.1. The molecule has 3 heterocycles. The number of nitrogens with zero attached hydrogens (tertiary/aromatic N) is 6. The van der Waals surface area contributed by atoms with E-state index in [9.17, 15) is 9.90 Å². The first kappa shape index (κ1) is 15.2. The zero-order valence-corrected chi connectivity index (χ0v) is 11.9. The molecule has 3 atom stereocenters. The van der Waals surface area contributed by atoms with E-state index in [1.54, 1.807) is 4.57 Å². The summed E-state index contributed by atoms with van der Waals surface area (Å²) >= 11 is 0. The molecule has 1 aliphatic heterocycles. The lowest BCUT2D eigenvalue weighted by Crippen LogP contribution is -2.27. The van der Waals surface area contributed by atoms with Crippen LogP contribution in [0, 0.1) is 0 Å². The number of nitrogens with two attached hydrogens (primary N) is 1. The second-order valence-corrected chi connectivity index (χ2v) is 4.89. The van der Waals surface area contributed by atoms with Crippen LogP contribution in [0.3, 0.4) is 0 Å². The number of nitrogen functional groups attached to an aromatic ring is 1. The Hall–Kier alpha value is -2.66. The highest BCUT2D eigenvalue weighted by molar-refractivity contribution is 5.70. The number of hydrogen-bond donors (Lipinski definition) is 3. The van der Waals surface area contributed by atoms with E-state index >= 15 is 0 Å². The van der Waals surface area contributed by atoms with Crippen molar-refractivity contribution in [3.05, 3.63) is 27.1 Å². The van der Waals surface area contributed by atoms with Gasteiger partial charge in [0.05, 0.1) is 19.0 Å². The average molecular weight is 322 g/mol. The molecule has 1 fully saturated rings. The van der Waals surface area contributed by atoms with E-state index in [2.05, 4.69) is 25.0 Å². The maximum atomic E-state index is 11.8. The molecule has 0 amide bonds. The number of hydrogen-bond acceptors (Lipinski definition) is 8. The Morgan fingerprint density at radius 3 is 3.26 bits per heavy atom. The van der Waals surface area contributed by atoms with Crippen molar-refractivity contribution < 1.29 is 14.6 Å². The molecule has 2 aromatic rings. The van der Waals surface area contributed by atoms with Gasteiger partial charge in [-0.1, -0.05) is 5.11 Å². The summed E-state index contributed by atoms with van der Waals surface area (Å²) < 4.78 is 12.6. The third-order valence-electron chi connectivity index (χ3n) is 3.53. The van der Waals surface area contributed by atoms with Gasteiger partial charge < -0.3 is 20.3 Å². The minimum absolute atomic E-state index is 0.0305. The molecule has 12 nitrogen and oxygen atoms in total. The van der Waals surface area contributed by atoms with E-state index in [4.69, 9.17) is 20.7 Å². The van der Waals surface area contributed by atoms with Crippen LogP contribution in [-0.4, -0.2) is 50.2 Å². The van der Waals surface area contributed by atoms with Gasteiger partial charge in [-0.05, 0) is 5.53 Å². The van der Waals surface area contributed by atoms with Crippen LogP contribution in [0.25, 0.3) is 21.6 Å². The molecule has 12 heteroatoms. The molecule has 1 aliphatic rings. The van der Waals surface area contributed by atoms with Gasteiger partial charge in [-0.15, -0.1) is 0 Å². The van der Waals surface area contributed by atoms with E-state index in [-0.39, 0.29) is 30.4 Å². The highest BCUT2D eigenvalue weighted by Crippen LogP contribution is 2.32. The highest BCUT2D eigenvalue weighted by Gasteiger charge is 2.37. The predicted molar refractivity (Wildman–Crippen MR) is 77.1 cm³/mol. The van der Waals surface area contributed by atoms with Crippen LogP contribution in [0.4, 0.5) is 5.95 Å². The summed E-state index contributed by atoms with van der Waals surface area (Å²) in [6.07, 6.45) is 0.188. The highest BCUT2D eigenvalue weighted by atomic mass is 16.6. The molecule has 0 aliphatic carbocycles. The number of aromatic amines is 1. The second-order valence-electron chi connectivity index (χ2n) is 4.89. The van der Waals surface area contributed by atoms with Crippen LogP contribution in [0.2, 0.25) is 0 Å². The zero-order valence-electron chi connectivity index (χ0n) is 11.9. The van der Waals surface area contributed by atoms with Crippen molar-refractivity contribution in [2.45, 2.75) is 24.9 Å². The quantitative estimate of drug-likeness (QED) is 0.382. The average Bonchev–Trinajstić information content (AvgIpc) is 3.11. The first-order valence-electron chi connectivity index (χ1n) is 6.75. The van der Waals surface area contributed by atoms with Crippen molar-refractivity contribution in [1.29, 1.82) is 0 Å². The number of azide groups is 1. The number of H-pyrrole nitrogens is 1. The molecular formula is C11H14N8O4. The third kappa shape index (κ3) is 2.83. The molecule has 122 valence electrons. The van der Waals surface area contributed by atoms with Crippen LogP contribution < -0.4 is 11.3 Å². The lowest BCUT2D eigenvalue weighted by Gasteiger charge is -2.15. The van der Waals surface area contributed by atoms with Crippen LogP contribution in [0.15, 0.2) is 16.2 Å². The third-order valence-corrected chi connectivity index (χ3v) is 3.53. The van der Waals surface area contributed by atoms with Crippen LogP contribution in [0.5, 0.6) is 0 Å². The Morgan fingerprint density at radius 1 is 1.70 bits per heavy atom. The maximum absolute atomic E-state index is 11.8. The van der Waals surface area contributed by atoms with E-state index < -0.39 is 24.0 Å². The molecule has 3 rings (SSSR count). The fourth-order valence-corrected chi connectivity index (χ4v) is 2.52. The zero-order chi connectivity index (χ0) is 16.4. The molecule has 0 spiro atoms. The van der Waals surface area contributed by atoms with E-state index in [1.807, 2.05) is 0 Å². The van der Waals surface area contributed by atoms with Gasteiger partial charge in [-0.3, -0.25) is 14.3 Å². The number of nitrogens with one attached hydrogen (secondary N) is 1. The Bertz CT molecular complexity index is 810. The Morgan fingerprint density at radius 2 is 2.52 bits per heavy atom. The van der Waals surface area contributed by atoms with Crippen molar-refractivity contribution in [2.24, 2.45) is 5.11 Å². The number of aromatic nitrogens is 4. The Balaban J connectivity index is 1.88. The van der Waals surface area contributed by atoms with Crippen LogP contribution in [-0.2, 0) is 9.47 Å². The topological polar surface area (TPSA) is 177 Å². The summed E-state index contributed by atoms with van der Waals surface area (Å²) in [7, 11) is 0. The molecule has 0 saturated carbocycles. The lowest BCUT2D eigenvalue weighted by atomic mass is 10.2. The summed E-state index contributed by atoms with van der Waals surface area (Å²) in [4.78, 5) is 24.8. The molecule has 0 bridgehead atoms. The summed E-state index contributed by atoms with van der Waals surface area (Å²) in [5.74, 6) is -0.0305. The molecule has 1 saturated heterocycles. The molecular weight excluding hydrogens is 308 g/mol. The summed E-state index contributed by atoms with van der Waals surface area (Å²) in [6, 6.07) is 0. The van der Waals surface area contributed by atoms with Gasteiger partial charge in [-0.2, -0.15) is 4.98 Å². The summed E-state index contributed by atoms with van der Waals surface area (Å²) in [5, 5.41) is 12.7. The van der Waals surface area contributed by atoms with E-state index in [0.29, 0.717) is 6.42 Å². The van der Waals surface area contributed by atoms with Gasteiger partial charge in [0.1, 0.15) is 19.1 Å². The Labute approximate surface area is 128 Å². The van der Waals surface area contributed by atoms with Crippen LogP contribution >= 0.6 is 0 Å². The van der Waals surface area contributed by atoms with Gasteiger partial charge in [0.25, 0.3) is 5.56 Å². The lowest BCUT2D eigenvalue weighted by molar-refractivity contribution is -0.0594. The number of rotatable bonds is 5. The van der Waals surface area contributed by atoms with E-state index in [1.165, 1.54) is 6.33 Å². The molecule has 23 heavy (non-hydrogen) atoms. The van der Waals surface area contributed by atoms with Gasteiger partial charge in [0.2, 0.25) is 5.95 Å². The van der Waals surface area contributed by atoms with Gasteiger partial charge in [0.15, 0.2) is 11.2 Å². The second kappa shape index (κ2) is 6.22. The number of aliphatic hydroxyl groups excluding tert-OH is 1. The molecule has 0 unspecified atom stereocenters. The van der Waals surface area contributed by atoms with Crippen molar-refractivity contribution in [3.8, 4) is 0 Å².